The predicted molar refractivity (Wildman–Crippen MR) is 77.4 cm³/mol. The van der Waals surface area contributed by atoms with E-state index >= 15 is 0 Å². The van der Waals surface area contributed by atoms with Crippen molar-refractivity contribution in [3.8, 4) is 0 Å². The van der Waals surface area contributed by atoms with Crippen LogP contribution in [0.15, 0.2) is 42.5 Å². The summed E-state index contributed by atoms with van der Waals surface area (Å²) in [7, 11) is 0. The number of carboxylic acid groups (broad SMARTS) is 1. The molecule has 0 aromatic heterocycles. The average molecular weight is 272 g/mol. The summed E-state index contributed by atoms with van der Waals surface area (Å²) >= 11 is 0. The van der Waals surface area contributed by atoms with E-state index in [4.69, 9.17) is 10.8 Å². The van der Waals surface area contributed by atoms with Crippen LogP contribution in [0.1, 0.15) is 6.42 Å². The lowest BCUT2D eigenvalue weighted by molar-refractivity contribution is -0.139. The van der Waals surface area contributed by atoms with Crippen molar-refractivity contribution in [2.75, 3.05) is 12.3 Å². The van der Waals surface area contributed by atoms with Crippen LogP contribution < -0.4 is 11.1 Å². The van der Waals surface area contributed by atoms with Gasteiger partial charge < -0.3 is 10.8 Å². The van der Waals surface area contributed by atoms with E-state index in [0.29, 0.717) is 0 Å². The largest absolute Gasteiger partial charge is 0.480 e. The Morgan fingerprint density at radius 2 is 1.90 bits per heavy atom. The van der Waals surface area contributed by atoms with Crippen molar-refractivity contribution in [2.45, 2.75) is 12.5 Å². The van der Waals surface area contributed by atoms with Crippen molar-refractivity contribution in [3.63, 3.8) is 0 Å². The number of hydrogen-bond acceptors (Lipinski definition) is 4. The van der Waals surface area contributed by atoms with Crippen LogP contribution in [-0.4, -0.2) is 29.4 Å². The Morgan fingerprint density at radius 3 is 2.45 bits per heavy atom. The monoisotopic (exact) mass is 272 g/mol. The van der Waals surface area contributed by atoms with Gasteiger partial charge in [0.1, 0.15) is 11.8 Å². The lowest BCUT2D eigenvalue weighted by Crippen LogP contribution is -2.29. The molecule has 0 bridgehead atoms. The summed E-state index contributed by atoms with van der Waals surface area (Å²) in [4.78, 5) is 20.6. The Bertz CT molecular complexity index is 635. The normalized spacial score (nSPS) is 17.6. The number of benzene rings is 2. The van der Waals surface area contributed by atoms with Crippen molar-refractivity contribution in [1.29, 1.82) is 0 Å². The van der Waals surface area contributed by atoms with Gasteiger partial charge in [0.15, 0.2) is 0 Å². The number of rotatable bonds is 1. The van der Waals surface area contributed by atoms with Crippen molar-refractivity contribution in [2.24, 2.45) is 0 Å². The van der Waals surface area contributed by atoms with Crippen molar-refractivity contribution < 1.29 is 14.7 Å². The third-order valence-electron chi connectivity index (χ3n) is 3.10. The molecule has 2 aromatic carbocycles. The van der Waals surface area contributed by atoms with Gasteiger partial charge in [0, 0.05) is 17.5 Å². The number of carbonyl (C=O) groups is 2. The molecule has 1 saturated heterocycles. The highest BCUT2D eigenvalue weighted by Gasteiger charge is 2.26. The maximum absolute atomic E-state index is 10.4. The molecule has 0 aliphatic carbocycles. The molecule has 0 spiro atoms. The SMILES string of the molecule is Nc1cccc2ccccc12.O=C1CNC(C(=O)O)C1. The fourth-order valence-electron chi connectivity index (χ4n) is 2.03. The van der Waals surface area contributed by atoms with E-state index in [1.807, 2.05) is 30.3 Å². The molecule has 0 radical (unpaired) electrons. The lowest BCUT2D eigenvalue weighted by Gasteiger charge is -1.98. The number of Topliss-reactive ketones (excluding diaryl/α,β-unsaturated/α-hetero) is 1. The molecule has 2 aromatic rings. The molecule has 20 heavy (non-hydrogen) atoms. The first-order chi connectivity index (χ1) is 9.58. The fourth-order valence-corrected chi connectivity index (χ4v) is 2.03. The molecule has 1 fully saturated rings. The van der Waals surface area contributed by atoms with E-state index in [9.17, 15) is 9.59 Å². The second kappa shape index (κ2) is 6.16. The van der Waals surface area contributed by atoms with Crippen LogP contribution in [-0.2, 0) is 9.59 Å². The average Bonchev–Trinajstić information content (AvgIpc) is 2.87. The number of nitrogens with two attached hydrogens (primary N) is 1. The van der Waals surface area contributed by atoms with Crippen molar-refractivity contribution in [3.05, 3.63) is 42.5 Å². The number of nitrogens with one attached hydrogen (secondary N) is 1. The van der Waals surface area contributed by atoms with Crippen LogP contribution in [0.2, 0.25) is 0 Å². The zero-order valence-corrected chi connectivity index (χ0v) is 10.9. The van der Waals surface area contributed by atoms with Gasteiger partial charge in [-0.3, -0.25) is 14.9 Å². The predicted octanol–water partition coefficient (Wildman–Crippen LogP) is 1.42. The number of hydrogen-bond donors (Lipinski definition) is 3. The van der Waals surface area contributed by atoms with Gasteiger partial charge in [0.05, 0.1) is 6.54 Å². The van der Waals surface area contributed by atoms with E-state index in [-0.39, 0.29) is 18.7 Å². The molecule has 5 heteroatoms. The number of carboxylic acids is 1. The molecule has 1 aliphatic rings. The standard InChI is InChI=1S/C10H9N.C5H7NO3/c11-10-7-3-5-8-4-1-2-6-9(8)10;7-3-1-4(5(8)9)6-2-3/h1-7H,11H2;4,6H,1-2H2,(H,8,9). The first kappa shape index (κ1) is 14.0. The summed E-state index contributed by atoms with van der Waals surface area (Å²) in [6.45, 7) is 0.205. The third kappa shape index (κ3) is 3.33. The highest BCUT2D eigenvalue weighted by Crippen LogP contribution is 2.19. The van der Waals surface area contributed by atoms with Crippen molar-refractivity contribution in [1.82, 2.24) is 5.32 Å². The van der Waals surface area contributed by atoms with Crippen LogP contribution in [0.4, 0.5) is 5.69 Å². The molecule has 0 amide bonds. The minimum absolute atomic E-state index is 0.0256. The minimum atomic E-state index is -0.944. The number of nitrogen functional groups attached to an aromatic ring is 1. The topological polar surface area (TPSA) is 92.4 Å². The quantitative estimate of drug-likeness (QED) is 0.683. The molecule has 104 valence electrons. The summed E-state index contributed by atoms with van der Waals surface area (Å²) in [5.41, 5.74) is 6.61. The molecule has 1 atom stereocenters. The van der Waals surface area contributed by atoms with Gasteiger partial charge in [-0.2, -0.15) is 0 Å². The Kier molecular flexibility index (Phi) is 4.32. The maximum atomic E-state index is 10.4. The number of carbonyl (C=O) groups excluding carboxylic acids is 1. The van der Waals surface area contributed by atoms with Gasteiger partial charge in [-0.25, -0.2) is 0 Å². The van der Waals surface area contributed by atoms with Gasteiger partial charge in [-0.15, -0.1) is 0 Å². The molecule has 1 heterocycles. The Balaban J connectivity index is 0.000000151. The lowest BCUT2D eigenvalue weighted by atomic mass is 10.1. The van der Waals surface area contributed by atoms with Crippen LogP contribution in [0, 0.1) is 0 Å². The van der Waals surface area contributed by atoms with E-state index in [1.165, 1.54) is 5.39 Å². The number of anilines is 1. The van der Waals surface area contributed by atoms with E-state index in [0.717, 1.165) is 11.1 Å². The summed E-state index contributed by atoms with van der Waals surface area (Å²) < 4.78 is 0. The van der Waals surface area contributed by atoms with Crippen LogP contribution in [0.5, 0.6) is 0 Å². The number of ketones is 1. The zero-order valence-electron chi connectivity index (χ0n) is 10.9. The molecule has 3 rings (SSSR count). The van der Waals surface area contributed by atoms with E-state index < -0.39 is 12.0 Å². The van der Waals surface area contributed by atoms with Gasteiger partial charge in [-0.05, 0) is 11.5 Å². The Hall–Kier alpha value is -2.40. The molecule has 1 aliphatic heterocycles. The molecule has 1 unspecified atom stereocenters. The molecular weight excluding hydrogens is 256 g/mol. The zero-order chi connectivity index (χ0) is 14.5. The van der Waals surface area contributed by atoms with Gasteiger partial charge in [0.25, 0.3) is 0 Å². The fraction of sp³-hybridized carbons (Fsp3) is 0.200. The molecule has 0 saturated carbocycles. The van der Waals surface area contributed by atoms with Crippen LogP contribution in [0.25, 0.3) is 10.8 Å². The molecule has 4 N–H and O–H groups in total. The van der Waals surface area contributed by atoms with Crippen LogP contribution >= 0.6 is 0 Å². The first-order valence-electron chi connectivity index (χ1n) is 6.29. The van der Waals surface area contributed by atoms with Crippen LogP contribution in [0.3, 0.4) is 0 Å². The maximum Gasteiger partial charge on any atom is 0.321 e. The van der Waals surface area contributed by atoms with E-state index in [2.05, 4.69) is 17.4 Å². The molecular formula is C15H16N2O3. The van der Waals surface area contributed by atoms with Gasteiger partial charge in [-0.1, -0.05) is 36.4 Å². The summed E-state index contributed by atoms with van der Waals surface area (Å²) in [5.74, 6) is -0.969. The minimum Gasteiger partial charge on any atom is -0.480 e. The Labute approximate surface area is 116 Å². The molecule has 5 nitrogen and oxygen atoms in total. The van der Waals surface area contributed by atoms with Gasteiger partial charge >= 0.3 is 5.97 Å². The second-order valence-electron chi connectivity index (χ2n) is 4.58. The highest BCUT2D eigenvalue weighted by atomic mass is 16.4. The summed E-state index contributed by atoms with van der Waals surface area (Å²) in [6, 6.07) is 13.4. The number of fused-ring (bicyclic) bond motifs is 1. The van der Waals surface area contributed by atoms with E-state index in [1.54, 1.807) is 0 Å². The first-order valence-corrected chi connectivity index (χ1v) is 6.29. The summed E-state index contributed by atoms with van der Waals surface area (Å²) in [5, 5.41) is 13.2. The van der Waals surface area contributed by atoms with Gasteiger partial charge in [0.2, 0.25) is 0 Å². The Morgan fingerprint density at radius 1 is 1.20 bits per heavy atom. The third-order valence-corrected chi connectivity index (χ3v) is 3.10. The summed E-state index contributed by atoms with van der Waals surface area (Å²) in [6.07, 6.45) is 0.134. The number of aliphatic carboxylic acids is 1. The van der Waals surface area contributed by atoms with Crippen molar-refractivity contribution >= 4 is 28.2 Å². The smallest absolute Gasteiger partial charge is 0.321 e. The second-order valence-corrected chi connectivity index (χ2v) is 4.58. The highest BCUT2D eigenvalue weighted by molar-refractivity contribution is 5.92.